The average Bonchev–Trinajstić information content (AvgIpc) is 2.45. The maximum Gasteiger partial charge on any atom is 0.0322 e. The van der Waals surface area contributed by atoms with Crippen LogP contribution in [-0.4, -0.2) is 6.54 Å². The van der Waals surface area contributed by atoms with Gasteiger partial charge in [-0.1, -0.05) is 83.2 Å². The van der Waals surface area contributed by atoms with Gasteiger partial charge >= 0.3 is 0 Å². The zero-order valence-electron chi connectivity index (χ0n) is 13.7. The van der Waals surface area contributed by atoms with Gasteiger partial charge in [-0.2, -0.15) is 0 Å². The zero-order chi connectivity index (χ0) is 14.6. The van der Waals surface area contributed by atoms with Crippen LogP contribution in [-0.2, 0) is 0 Å². The van der Waals surface area contributed by atoms with Crippen LogP contribution in [0.3, 0.4) is 0 Å². The molecule has 1 nitrogen and oxygen atoms in total. The molecule has 0 saturated heterocycles. The SMILES string of the molecule is CCCCCCCCNC(CC(C)C)c1ccccc1. The van der Waals surface area contributed by atoms with E-state index < -0.39 is 0 Å². The summed E-state index contributed by atoms with van der Waals surface area (Å²) in [6.45, 7) is 8.04. The number of hydrogen-bond donors (Lipinski definition) is 1. The van der Waals surface area contributed by atoms with Gasteiger partial charge in [0.1, 0.15) is 0 Å². The van der Waals surface area contributed by atoms with Crippen molar-refractivity contribution in [1.29, 1.82) is 0 Å². The Kier molecular flexibility index (Phi) is 9.40. The molecule has 0 aromatic heterocycles. The lowest BCUT2D eigenvalue weighted by atomic mass is 9.97. The molecule has 0 aliphatic heterocycles. The molecule has 1 N–H and O–H groups in total. The minimum absolute atomic E-state index is 0.520. The van der Waals surface area contributed by atoms with Crippen molar-refractivity contribution in [2.75, 3.05) is 6.54 Å². The molecule has 114 valence electrons. The third-order valence-electron chi connectivity index (χ3n) is 3.83. The van der Waals surface area contributed by atoms with Crippen LogP contribution in [0.1, 0.15) is 77.3 Å². The lowest BCUT2D eigenvalue weighted by Gasteiger charge is -2.21. The highest BCUT2D eigenvalue weighted by Gasteiger charge is 2.11. The van der Waals surface area contributed by atoms with Crippen molar-refractivity contribution in [2.45, 2.75) is 71.8 Å². The van der Waals surface area contributed by atoms with E-state index in [-0.39, 0.29) is 0 Å². The molecule has 1 unspecified atom stereocenters. The second-order valence-corrected chi connectivity index (χ2v) is 6.31. The Labute approximate surface area is 126 Å². The minimum Gasteiger partial charge on any atom is -0.310 e. The first-order chi connectivity index (χ1) is 9.74. The van der Waals surface area contributed by atoms with Crippen LogP contribution in [0.25, 0.3) is 0 Å². The van der Waals surface area contributed by atoms with Gasteiger partial charge in [0.05, 0.1) is 0 Å². The highest BCUT2D eigenvalue weighted by molar-refractivity contribution is 5.18. The summed E-state index contributed by atoms with van der Waals surface area (Å²) in [5.74, 6) is 0.734. The average molecular weight is 275 g/mol. The highest BCUT2D eigenvalue weighted by atomic mass is 14.9. The topological polar surface area (TPSA) is 12.0 Å². The molecule has 0 aliphatic rings. The lowest BCUT2D eigenvalue weighted by molar-refractivity contribution is 0.422. The standard InChI is InChI=1S/C19H33N/c1-4-5-6-7-8-12-15-20-19(16-17(2)3)18-13-10-9-11-14-18/h9-11,13-14,17,19-20H,4-8,12,15-16H2,1-3H3. The first-order valence-corrected chi connectivity index (χ1v) is 8.52. The van der Waals surface area contributed by atoms with Crippen LogP contribution in [0.15, 0.2) is 30.3 Å². The van der Waals surface area contributed by atoms with E-state index in [1.165, 1.54) is 50.5 Å². The molecule has 1 aromatic carbocycles. The number of benzene rings is 1. The van der Waals surface area contributed by atoms with E-state index in [0.29, 0.717) is 6.04 Å². The molecule has 0 fully saturated rings. The van der Waals surface area contributed by atoms with Gasteiger partial charge in [0.25, 0.3) is 0 Å². The number of rotatable bonds is 11. The molecule has 0 radical (unpaired) electrons. The number of hydrogen-bond acceptors (Lipinski definition) is 1. The van der Waals surface area contributed by atoms with Crippen molar-refractivity contribution >= 4 is 0 Å². The molecule has 1 heteroatoms. The van der Waals surface area contributed by atoms with Gasteiger partial charge in [0, 0.05) is 6.04 Å². The molecule has 20 heavy (non-hydrogen) atoms. The summed E-state index contributed by atoms with van der Waals surface area (Å²) >= 11 is 0. The highest BCUT2D eigenvalue weighted by Crippen LogP contribution is 2.21. The Morgan fingerprint density at radius 1 is 0.900 bits per heavy atom. The predicted molar refractivity (Wildman–Crippen MR) is 90.0 cm³/mol. The molecule has 0 heterocycles. The Morgan fingerprint density at radius 3 is 2.20 bits per heavy atom. The predicted octanol–water partition coefficient (Wildman–Crippen LogP) is 5.72. The minimum atomic E-state index is 0.520. The van der Waals surface area contributed by atoms with Crippen LogP contribution < -0.4 is 5.32 Å². The fourth-order valence-electron chi connectivity index (χ4n) is 2.68. The van der Waals surface area contributed by atoms with Gasteiger partial charge in [-0.05, 0) is 30.9 Å². The summed E-state index contributed by atoms with van der Waals surface area (Å²) in [6.07, 6.45) is 9.44. The normalized spacial score (nSPS) is 12.8. The second kappa shape index (κ2) is 10.9. The van der Waals surface area contributed by atoms with E-state index >= 15 is 0 Å². The molecular formula is C19H33N. The molecule has 1 rings (SSSR count). The third kappa shape index (κ3) is 7.69. The van der Waals surface area contributed by atoms with Crippen molar-refractivity contribution < 1.29 is 0 Å². The number of unbranched alkanes of at least 4 members (excludes halogenated alkanes) is 5. The van der Waals surface area contributed by atoms with E-state index in [4.69, 9.17) is 0 Å². The number of nitrogens with one attached hydrogen (secondary N) is 1. The Bertz CT molecular complexity index is 318. The van der Waals surface area contributed by atoms with Crippen LogP contribution in [0.4, 0.5) is 0 Å². The zero-order valence-corrected chi connectivity index (χ0v) is 13.7. The van der Waals surface area contributed by atoms with E-state index in [2.05, 4.69) is 56.4 Å². The van der Waals surface area contributed by atoms with Gasteiger partial charge < -0.3 is 5.32 Å². The Morgan fingerprint density at radius 2 is 1.55 bits per heavy atom. The fourth-order valence-corrected chi connectivity index (χ4v) is 2.68. The van der Waals surface area contributed by atoms with Crippen molar-refractivity contribution in [3.05, 3.63) is 35.9 Å². The van der Waals surface area contributed by atoms with Crippen LogP contribution in [0, 0.1) is 5.92 Å². The van der Waals surface area contributed by atoms with Gasteiger partial charge in [0.2, 0.25) is 0 Å². The molecule has 0 saturated carbocycles. The van der Waals surface area contributed by atoms with E-state index in [1.54, 1.807) is 0 Å². The lowest BCUT2D eigenvalue weighted by Crippen LogP contribution is -2.23. The summed E-state index contributed by atoms with van der Waals surface area (Å²) in [5, 5.41) is 3.76. The molecule has 0 aliphatic carbocycles. The molecule has 0 amide bonds. The Balaban J connectivity index is 2.28. The monoisotopic (exact) mass is 275 g/mol. The summed E-state index contributed by atoms with van der Waals surface area (Å²) < 4.78 is 0. The van der Waals surface area contributed by atoms with Gasteiger partial charge in [-0.3, -0.25) is 0 Å². The van der Waals surface area contributed by atoms with Crippen molar-refractivity contribution in [3.63, 3.8) is 0 Å². The summed E-state index contributed by atoms with van der Waals surface area (Å²) in [5.41, 5.74) is 1.44. The molecule has 1 aromatic rings. The summed E-state index contributed by atoms with van der Waals surface area (Å²) in [7, 11) is 0. The van der Waals surface area contributed by atoms with Gasteiger partial charge in [-0.15, -0.1) is 0 Å². The molecular weight excluding hydrogens is 242 g/mol. The smallest absolute Gasteiger partial charge is 0.0322 e. The largest absolute Gasteiger partial charge is 0.310 e. The van der Waals surface area contributed by atoms with E-state index in [0.717, 1.165) is 12.5 Å². The summed E-state index contributed by atoms with van der Waals surface area (Å²) in [6, 6.07) is 11.4. The maximum absolute atomic E-state index is 3.76. The first kappa shape index (κ1) is 17.2. The van der Waals surface area contributed by atoms with Gasteiger partial charge in [0.15, 0.2) is 0 Å². The first-order valence-electron chi connectivity index (χ1n) is 8.52. The van der Waals surface area contributed by atoms with Gasteiger partial charge in [-0.25, -0.2) is 0 Å². The third-order valence-corrected chi connectivity index (χ3v) is 3.83. The molecule has 0 bridgehead atoms. The van der Waals surface area contributed by atoms with Crippen LogP contribution >= 0.6 is 0 Å². The quantitative estimate of drug-likeness (QED) is 0.509. The van der Waals surface area contributed by atoms with Crippen molar-refractivity contribution in [3.8, 4) is 0 Å². The molecule has 0 spiro atoms. The van der Waals surface area contributed by atoms with Crippen LogP contribution in [0.5, 0.6) is 0 Å². The van der Waals surface area contributed by atoms with E-state index in [9.17, 15) is 0 Å². The van der Waals surface area contributed by atoms with Crippen molar-refractivity contribution in [1.82, 2.24) is 5.32 Å². The molecule has 1 atom stereocenters. The Hall–Kier alpha value is -0.820. The van der Waals surface area contributed by atoms with Crippen LogP contribution in [0.2, 0.25) is 0 Å². The summed E-state index contributed by atoms with van der Waals surface area (Å²) in [4.78, 5) is 0. The van der Waals surface area contributed by atoms with E-state index in [1.807, 2.05) is 0 Å². The maximum atomic E-state index is 3.76. The van der Waals surface area contributed by atoms with Crippen molar-refractivity contribution in [2.24, 2.45) is 5.92 Å². The second-order valence-electron chi connectivity index (χ2n) is 6.31. The fraction of sp³-hybridized carbons (Fsp3) is 0.684.